The molecule has 6 heteroatoms. The molecule has 0 bridgehead atoms. The maximum Gasteiger partial charge on any atom is 0.242 e. The summed E-state index contributed by atoms with van der Waals surface area (Å²) >= 11 is 1.57. The van der Waals surface area contributed by atoms with Gasteiger partial charge in [0.05, 0.1) is 13.0 Å². The SMILES string of the molecule is CCC(C)N(CC(=O)N(Cc1ccccc1)Cc1cccn1C)C(=O)Cc1cccs1. The Kier molecular flexibility index (Phi) is 8.06. The van der Waals surface area contributed by atoms with Crippen LogP contribution in [0.3, 0.4) is 0 Å². The van der Waals surface area contributed by atoms with Gasteiger partial charge in [-0.15, -0.1) is 11.3 Å². The number of amides is 2. The molecule has 2 amide bonds. The second-order valence-corrected chi connectivity index (χ2v) is 8.91. The van der Waals surface area contributed by atoms with Gasteiger partial charge in [-0.2, -0.15) is 0 Å². The Bertz CT molecular complexity index is 966. The summed E-state index contributed by atoms with van der Waals surface area (Å²) in [5.41, 5.74) is 2.13. The van der Waals surface area contributed by atoms with Crippen LogP contribution in [-0.2, 0) is 36.1 Å². The van der Waals surface area contributed by atoms with Gasteiger partial charge < -0.3 is 14.4 Å². The van der Waals surface area contributed by atoms with Gasteiger partial charge in [-0.3, -0.25) is 9.59 Å². The first kappa shape index (κ1) is 22.8. The number of hydrogen-bond acceptors (Lipinski definition) is 3. The summed E-state index contributed by atoms with van der Waals surface area (Å²) < 4.78 is 2.03. The number of hydrogen-bond donors (Lipinski definition) is 0. The van der Waals surface area contributed by atoms with Crippen LogP contribution < -0.4 is 0 Å². The zero-order chi connectivity index (χ0) is 22.2. The molecule has 164 valence electrons. The van der Waals surface area contributed by atoms with Crippen molar-refractivity contribution in [3.63, 3.8) is 0 Å². The summed E-state index contributed by atoms with van der Waals surface area (Å²) in [6, 6.07) is 17.9. The molecule has 2 aromatic heterocycles. The van der Waals surface area contributed by atoms with Gasteiger partial charge in [0, 0.05) is 36.4 Å². The quantitative estimate of drug-likeness (QED) is 0.469. The highest BCUT2D eigenvalue weighted by Crippen LogP contribution is 2.16. The van der Waals surface area contributed by atoms with Gasteiger partial charge in [0.25, 0.3) is 0 Å². The third kappa shape index (κ3) is 6.31. The summed E-state index contributed by atoms with van der Waals surface area (Å²) in [7, 11) is 1.98. The lowest BCUT2D eigenvalue weighted by molar-refractivity contribution is -0.142. The second kappa shape index (κ2) is 11.0. The number of carbonyl (C=O) groups is 2. The molecule has 1 atom stereocenters. The van der Waals surface area contributed by atoms with Crippen LogP contribution in [0.5, 0.6) is 0 Å². The van der Waals surface area contributed by atoms with E-state index in [9.17, 15) is 9.59 Å². The van der Waals surface area contributed by atoms with Crippen molar-refractivity contribution in [2.45, 2.75) is 45.8 Å². The first-order chi connectivity index (χ1) is 15.0. The number of nitrogens with zero attached hydrogens (tertiary/aromatic N) is 3. The van der Waals surface area contributed by atoms with Gasteiger partial charge in [0.15, 0.2) is 0 Å². The molecule has 1 aromatic carbocycles. The maximum atomic E-state index is 13.4. The van der Waals surface area contributed by atoms with Crippen LogP contribution in [0.4, 0.5) is 0 Å². The van der Waals surface area contributed by atoms with Crippen LogP contribution in [0.25, 0.3) is 0 Å². The van der Waals surface area contributed by atoms with E-state index in [0.717, 1.165) is 22.6 Å². The smallest absolute Gasteiger partial charge is 0.242 e. The molecule has 3 rings (SSSR count). The lowest BCUT2D eigenvalue weighted by atomic mass is 10.1. The Labute approximate surface area is 188 Å². The largest absolute Gasteiger partial charge is 0.353 e. The van der Waals surface area contributed by atoms with E-state index in [2.05, 4.69) is 0 Å². The fourth-order valence-corrected chi connectivity index (χ4v) is 4.21. The molecular formula is C25H31N3O2S. The number of rotatable bonds is 10. The molecule has 31 heavy (non-hydrogen) atoms. The minimum Gasteiger partial charge on any atom is -0.353 e. The van der Waals surface area contributed by atoms with E-state index in [1.807, 2.05) is 96.5 Å². The van der Waals surface area contributed by atoms with Gasteiger partial charge in [-0.25, -0.2) is 0 Å². The van der Waals surface area contributed by atoms with E-state index in [0.29, 0.717) is 19.5 Å². The fourth-order valence-electron chi connectivity index (χ4n) is 3.51. The standard InChI is InChI=1S/C25H31N3O2S/c1-4-20(2)28(24(29)16-23-13-9-15-31-23)19-25(30)27(17-21-10-6-5-7-11-21)18-22-12-8-14-26(22)3/h5-15,20H,4,16-19H2,1-3H3. The van der Waals surface area contributed by atoms with Crippen LogP contribution in [0.1, 0.15) is 36.4 Å². The van der Waals surface area contributed by atoms with E-state index >= 15 is 0 Å². The number of aryl methyl sites for hydroxylation is 1. The summed E-state index contributed by atoms with van der Waals surface area (Å²) in [5.74, 6) is -0.0337. The van der Waals surface area contributed by atoms with Crippen LogP contribution in [0.2, 0.25) is 0 Å². The van der Waals surface area contributed by atoms with E-state index < -0.39 is 0 Å². The summed E-state index contributed by atoms with van der Waals surface area (Å²) in [4.78, 5) is 31.1. The Morgan fingerprint density at radius 1 is 1.00 bits per heavy atom. The molecule has 0 aliphatic heterocycles. The maximum absolute atomic E-state index is 13.4. The second-order valence-electron chi connectivity index (χ2n) is 7.88. The van der Waals surface area contributed by atoms with E-state index in [1.54, 1.807) is 16.2 Å². The van der Waals surface area contributed by atoms with Crippen molar-refractivity contribution < 1.29 is 9.59 Å². The molecule has 0 radical (unpaired) electrons. The molecule has 2 heterocycles. The molecule has 0 N–H and O–H groups in total. The van der Waals surface area contributed by atoms with Gasteiger partial charge in [-0.05, 0) is 42.5 Å². The molecule has 5 nitrogen and oxygen atoms in total. The van der Waals surface area contributed by atoms with Gasteiger partial charge in [0.2, 0.25) is 11.8 Å². The lowest BCUT2D eigenvalue weighted by Gasteiger charge is -2.31. The molecule has 0 fully saturated rings. The first-order valence-electron chi connectivity index (χ1n) is 10.7. The predicted molar refractivity (Wildman–Crippen MR) is 126 cm³/mol. The molecule has 0 saturated carbocycles. The van der Waals surface area contributed by atoms with Crippen molar-refractivity contribution in [1.29, 1.82) is 0 Å². The summed E-state index contributed by atoms with van der Waals surface area (Å²) in [6.45, 7) is 5.17. The molecule has 0 aliphatic carbocycles. The van der Waals surface area contributed by atoms with Crippen LogP contribution >= 0.6 is 11.3 Å². The minimum atomic E-state index is -0.0371. The highest BCUT2D eigenvalue weighted by molar-refractivity contribution is 7.10. The monoisotopic (exact) mass is 437 g/mol. The first-order valence-corrected chi connectivity index (χ1v) is 11.6. The molecule has 3 aromatic rings. The Balaban J connectivity index is 1.78. The van der Waals surface area contributed by atoms with Crippen molar-refractivity contribution in [3.8, 4) is 0 Å². The Morgan fingerprint density at radius 3 is 2.39 bits per heavy atom. The van der Waals surface area contributed by atoms with Crippen LogP contribution in [0, 0.1) is 0 Å². The van der Waals surface area contributed by atoms with Gasteiger partial charge >= 0.3 is 0 Å². The van der Waals surface area contributed by atoms with Crippen molar-refractivity contribution in [2.75, 3.05) is 6.54 Å². The minimum absolute atomic E-state index is 0.00341. The Morgan fingerprint density at radius 2 is 1.77 bits per heavy atom. The van der Waals surface area contributed by atoms with Crippen LogP contribution in [-0.4, -0.2) is 38.8 Å². The van der Waals surface area contributed by atoms with Crippen molar-refractivity contribution in [1.82, 2.24) is 14.4 Å². The van der Waals surface area contributed by atoms with E-state index in [4.69, 9.17) is 0 Å². The average Bonchev–Trinajstić information content (AvgIpc) is 3.43. The summed E-state index contributed by atoms with van der Waals surface area (Å²) in [6.07, 6.45) is 3.13. The number of benzene rings is 1. The highest BCUT2D eigenvalue weighted by atomic mass is 32.1. The zero-order valence-corrected chi connectivity index (χ0v) is 19.3. The average molecular weight is 438 g/mol. The number of thiophene rings is 1. The predicted octanol–water partition coefficient (Wildman–Crippen LogP) is 4.49. The molecule has 0 aliphatic rings. The van der Waals surface area contributed by atoms with Crippen molar-refractivity contribution in [2.24, 2.45) is 7.05 Å². The molecular weight excluding hydrogens is 406 g/mol. The molecule has 1 unspecified atom stereocenters. The topological polar surface area (TPSA) is 45.6 Å². The third-order valence-electron chi connectivity index (χ3n) is 5.63. The van der Waals surface area contributed by atoms with Crippen molar-refractivity contribution in [3.05, 3.63) is 82.3 Å². The molecule has 0 spiro atoms. The summed E-state index contributed by atoms with van der Waals surface area (Å²) in [5, 5.41) is 1.98. The third-order valence-corrected chi connectivity index (χ3v) is 6.50. The lowest BCUT2D eigenvalue weighted by Crippen LogP contribution is -2.46. The molecule has 0 saturated heterocycles. The van der Waals surface area contributed by atoms with Crippen molar-refractivity contribution >= 4 is 23.2 Å². The normalized spacial score (nSPS) is 11.8. The van der Waals surface area contributed by atoms with E-state index in [1.165, 1.54) is 0 Å². The zero-order valence-electron chi connectivity index (χ0n) is 18.5. The van der Waals surface area contributed by atoms with Gasteiger partial charge in [0.1, 0.15) is 6.54 Å². The highest BCUT2D eigenvalue weighted by Gasteiger charge is 2.25. The Hall–Kier alpha value is -2.86. The number of aromatic nitrogens is 1. The fraction of sp³-hybridized carbons (Fsp3) is 0.360. The number of carbonyl (C=O) groups excluding carboxylic acids is 2. The van der Waals surface area contributed by atoms with Crippen LogP contribution in [0.15, 0.2) is 66.2 Å². The van der Waals surface area contributed by atoms with E-state index in [-0.39, 0.29) is 24.4 Å². The van der Waals surface area contributed by atoms with Gasteiger partial charge in [-0.1, -0.05) is 43.3 Å².